The zero-order valence-corrected chi connectivity index (χ0v) is 9.36. The van der Waals surface area contributed by atoms with E-state index in [0.717, 1.165) is 6.54 Å². The van der Waals surface area contributed by atoms with Crippen molar-refractivity contribution < 1.29 is 0 Å². The molecule has 0 aliphatic carbocycles. The lowest BCUT2D eigenvalue weighted by atomic mass is 10.0. The van der Waals surface area contributed by atoms with Gasteiger partial charge in [-0.05, 0) is 38.8 Å². The number of hydrogen-bond donors (Lipinski definition) is 2. The number of aromatic amines is 1. The Bertz CT molecular complexity index is 385. The van der Waals surface area contributed by atoms with Gasteiger partial charge in [-0.25, -0.2) is 0 Å². The Morgan fingerprint density at radius 1 is 1.21 bits per heavy atom. The van der Waals surface area contributed by atoms with Gasteiger partial charge >= 0.3 is 0 Å². The van der Waals surface area contributed by atoms with Gasteiger partial charge in [-0.1, -0.05) is 11.1 Å². The van der Waals surface area contributed by atoms with E-state index < -0.39 is 0 Å². The van der Waals surface area contributed by atoms with Crippen molar-refractivity contribution >= 4 is 0 Å². The Morgan fingerprint density at radius 3 is 2.36 bits per heavy atom. The molecule has 2 N–H and O–H groups in total. The third kappa shape index (κ3) is 1.30. The van der Waals surface area contributed by atoms with E-state index in [9.17, 15) is 0 Å². The van der Waals surface area contributed by atoms with Crippen LogP contribution < -0.4 is 5.32 Å². The lowest BCUT2D eigenvalue weighted by Gasteiger charge is -2.12. The van der Waals surface area contributed by atoms with E-state index in [1.165, 1.54) is 28.0 Å². The molecule has 0 saturated carbocycles. The van der Waals surface area contributed by atoms with Gasteiger partial charge < -0.3 is 10.3 Å². The maximum absolute atomic E-state index is 3.52. The van der Waals surface area contributed by atoms with Crippen molar-refractivity contribution in [2.45, 2.75) is 33.7 Å². The van der Waals surface area contributed by atoms with Crippen molar-refractivity contribution in [3.8, 4) is 0 Å². The second kappa shape index (κ2) is 3.28. The first kappa shape index (κ1) is 9.53. The van der Waals surface area contributed by atoms with E-state index in [2.05, 4.69) is 44.2 Å². The molecule has 2 heterocycles. The first-order valence-corrected chi connectivity index (χ1v) is 5.15. The molecule has 0 bridgehead atoms. The lowest BCUT2D eigenvalue weighted by molar-refractivity contribution is 0.666. The first-order valence-electron chi connectivity index (χ1n) is 5.15. The second-order valence-electron chi connectivity index (χ2n) is 4.29. The van der Waals surface area contributed by atoms with Gasteiger partial charge in [-0.15, -0.1) is 0 Å². The lowest BCUT2D eigenvalue weighted by Crippen LogP contribution is -2.17. The molecular weight excluding hydrogens is 172 g/mol. The van der Waals surface area contributed by atoms with Crippen LogP contribution in [0, 0.1) is 13.8 Å². The fourth-order valence-electron chi connectivity index (χ4n) is 2.03. The fraction of sp³-hybridized carbons (Fsp3) is 0.500. The normalized spacial score (nSPS) is 22.1. The van der Waals surface area contributed by atoms with Crippen molar-refractivity contribution in [1.29, 1.82) is 0 Å². The number of rotatable bonds is 1. The highest BCUT2D eigenvalue weighted by Crippen LogP contribution is 2.30. The molecular formula is C12H18N2. The maximum atomic E-state index is 3.52. The molecule has 1 aromatic rings. The van der Waals surface area contributed by atoms with Crippen molar-refractivity contribution in [3.05, 3.63) is 34.2 Å². The number of H-pyrrole nitrogens is 1. The molecule has 0 amide bonds. The first-order chi connectivity index (χ1) is 6.61. The van der Waals surface area contributed by atoms with Crippen molar-refractivity contribution in [2.75, 3.05) is 6.54 Å². The summed E-state index contributed by atoms with van der Waals surface area (Å²) in [5, 5.41) is 3.52. The summed E-state index contributed by atoms with van der Waals surface area (Å²) < 4.78 is 0. The van der Waals surface area contributed by atoms with Crippen LogP contribution in [0.15, 0.2) is 17.3 Å². The summed E-state index contributed by atoms with van der Waals surface area (Å²) in [7, 11) is 0. The Kier molecular flexibility index (Phi) is 2.23. The average molecular weight is 190 g/mol. The van der Waals surface area contributed by atoms with Crippen LogP contribution in [-0.2, 0) is 0 Å². The smallest absolute Gasteiger partial charge is 0.0694 e. The summed E-state index contributed by atoms with van der Waals surface area (Å²) in [5.41, 5.74) is 7.00. The third-order valence-electron chi connectivity index (χ3n) is 3.41. The van der Waals surface area contributed by atoms with Crippen molar-refractivity contribution in [1.82, 2.24) is 10.3 Å². The number of hydrogen-bond acceptors (Lipinski definition) is 1. The molecule has 2 heteroatoms. The van der Waals surface area contributed by atoms with Crippen LogP contribution >= 0.6 is 0 Å². The monoisotopic (exact) mass is 190 g/mol. The van der Waals surface area contributed by atoms with E-state index >= 15 is 0 Å². The summed E-state index contributed by atoms with van der Waals surface area (Å²) >= 11 is 0. The molecule has 1 atom stereocenters. The van der Waals surface area contributed by atoms with Crippen LogP contribution in [0.5, 0.6) is 0 Å². The predicted molar refractivity (Wildman–Crippen MR) is 59.4 cm³/mol. The minimum Gasteiger partial charge on any atom is -0.363 e. The fourth-order valence-corrected chi connectivity index (χ4v) is 2.03. The molecule has 1 unspecified atom stereocenters. The summed E-state index contributed by atoms with van der Waals surface area (Å²) in [6.07, 6.45) is 2.09. The quantitative estimate of drug-likeness (QED) is 0.655. The summed E-state index contributed by atoms with van der Waals surface area (Å²) in [6, 6.07) is 0.406. The molecule has 2 rings (SSSR count). The standard InChI is InChI=1S/C12H18N2/c1-7-5-13-11(9(7)3)12-10(4)8(2)6-14-12/h5,12-14H,6H2,1-4H3. The van der Waals surface area contributed by atoms with Crippen LogP contribution in [0.1, 0.15) is 36.7 Å². The molecule has 1 aromatic heterocycles. The van der Waals surface area contributed by atoms with E-state index in [1.807, 2.05) is 0 Å². The van der Waals surface area contributed by atoms with Crippen LogP contribution in [0.3, 0.4) is 0 Å². The van der Waals surface area contributed by atoms with Gasteiger partial charge in [0.25, 0.3) is 0 Å². The van der Waals surface area contributed by atoms with Gasteiger partial charge in [0.15, 0.2) is 0 Å². The highest BCUT2D eigenvalue weighted by molar-refractivity contribution is 5.38. The topological polar surface area (TPSA) is 27.8 Å². The highest BCUT2D eigenvalue weighted by Gasteiger charge is 2.23. The van der Waals surface area contributed by atoms with Crippen LogP contribution in [0.25, 0.3) is 0 Å². The zero-order valence-electron chi connectivity index (χ0n) is 9.36. The minimum atomic E-state index is 0.406. The maximum Gasteiger partial charge on any atom is 0.0694 e. The highest BCUT2D eigenvalue weighted by atomic mass is 15.0. The summed E-state index contributed by atoms with van der Waals surface area (Å²) in [5.74, 6) is 0. The zero-order chi connectivity index (χ0) is 10.3. The van der Waals surface area contributed by atoms with Gasteiger partial charge in [-0.3, -0.25) is 0 Å². The van der Waals surface area contributed by atoms with Gasteiger partial charge in [0.1, 0.15) is 0 Å². The van der Waals surface area contributed by atoms with Crippen molar-refractivity contribution in [3.63, 3.8) is 0 Å². The Labute approximate surface area is 85.4 Å². The molecule has 0 fully saturated rings. The van der Waals surface area contributed by atoms with Gasteiger partial charge in [0.05, 0.1) is 6.04 Å². The largest absolute Gasteiger partial charge is 0.363 e. The SMILES string of the molecule is CC1=C(C)C(c2[nH]cc(C)c2C)NC1. The van der Waals surface area contributed by atoms with E-state index in [4.69, 9.17) is 0 Å². The van der Waals surface area contributed by atoms with Crippen molar-refractivity contribution in [2.24, 2.45) is 0 Å². The number of aromatic nitrogens is 1. The Morgan fingerprint density at radius 2 is 1.93 bits per heavy atom. The number of nitrogens with one attached hydrogen (secondary N) is 2. The van der Waals surface area contributed by atoms with Crippen LogP contribution in [0.2, 0.25) is 0 Å². The second-order valence-corrected chi connectivity index (χ2v) is 4.29. The molecule has 1 aliphatic heterocycles. The molecule has 0 spiro atoms. The Balaban J connectivity index is 2.38. The predicted octanol–water partition coefficient (Wildman–Crippen LogP) is 2.61. The minimum absolute atomic E-state index is 0.406. The van der Waals surface area contributed by atoms with Crippen LogP contribution in [0.4, 0.5) is 0 Å². The summed E-state index contributed by atoms with van der Waals surface area (Å²) in [4.78, 5) is 3.37. The molecule has 2 nitrogen and oxygen atoms in total. The summed E-state index contributed by atoms with van der Waals surface area (Å²) in [6.45, 7) is 9.77. The Hall–Kier alpha value is -1.02. The van der Waals surface area contributed by atoms with Gasteiger partial charge in [0.2, 0.25) is 0 Å². The van der Waals surface area contributed by atoms with E-state index in [1.54, 1.807) is 0 Å². The molecule has 0 saturated heterocycles. The number of aryl methyl sites for hydroxylation is 1. The van der Waals surface area contributed by atoms with Crippen LogP contribution in [-0.4, -0.2) is 11.5 Å². The molecule has 1 aliphatic rings. The molecule has 14 heavy (non-hydrogen) atoms. The molecule has 0 radical (unpaired) electrons. The van der Waals surface area contributed by atoms with Gasteiger partial charge in [0, 0.05) is 18.4 Å². The molecule has 76 valence electrons. The van der Waals surface area contributed by atoms with E-state index in [0.29, 0.717) is 6.04 Å². The van der Waals surface area contributed by atoms with Gasteiger partial charge in [-0.2, -0.15) is 0 Å². The van der Waals surface area contributed by atoms with E-state index in [-0.39, 0.29) is 0 Å². The average Bonchev–Trinajstić information content (AvgIpc) is 2.63. The third-order valence-corrected chi connectivity index (χ3v) is 3.41. The molecule has 0 aromatic carbocycles.